The molecule has 2 rings (SSSR count). The van der Waals surface area contributed by atoms with Crippen LogP contribution < -0.4 is 11.1 Å². The van der Waals surface area contributed by atoms with Gasteiger partial charge in [-0.3, -0.25) is 4.79 Å². The molecule has 5 heteroatoms. The fourth-order valence-corrected chi connectivity index (χ4v) is 2.76. The van der Waals surface area contributed by atoms with Crippen LogP contribution >= 0.6 is 0 Å². The zero-order chi connectivity index (χ0) is 14.5. The van der Waals surface area contributed by atoms with Crippen molar-refractivity contribution in [3.63, 3.8) is 0 Å². The molecule has 1 saturated carbocycles. The number of anilines is 1. The van der Waals surface area contributed by atoms with Crippen LogP contribution in [0.4, 0.5) is 5.95 Å². The van der Waals surface area contributed by atoms with E-state index in [1.54, 1.807) is 6.20 Å². The Bertz CT molecular complexity index is 455. The number of carbonyl (C=O) groups excluding carboxylic acids is 1. The van der Waals surface area contributed by atoms with E-state index in [2.05, 4.69) is 29.1 Å². The number of aromatic nitrogens is 2. The van der Waals surface area contributed by atoms with Gasteiger partial charge in [0.05, 0.1) is 0 Å². The third kappa shape index (κ3) is 3.92. The molecule has 1 aromatic rings. The van der Waals surface area contributed by atoms with Crippen LogP contribution in [0.5, 0.6) is 0 Å². The van der Waals surface area contributed by atoms with Gasteiger partial charge in [0, 0.05) is 17.8 Å². The Morgan fingerprint density at radius 3 is 2.75 bits per heavy atom. The monoisotopic (exact) mass is 276 g/mol. The van der Waals surface area contributed by atoms with Gasteiger partial charge < -0.3 is 11.1 Å². The third-order valence-corrected chi connectivity index (χ3v) is 3.80. The predicted molar refractivity (Wildman–Crippen MR) is 79.3 cm³/mol. The maximum absolute atomic E-state index is 11.5. The Morgan fingerprint density at radius 1 is 1.45 bits per heavy atom. The van der Waals surface area contributed by atoms with Crippen molar-refractivity contribution in [2.24, 2.45) is 11.7 Å². The summed E-state index contributed by atoms with van der Waals surface area (Å²) in [6.07, 6.45) is 7.38. The van der Waals surface area contributed by atoms with Gasteiger partial charge in [-0.15, -0.1) is 0 Å². The van der Waals surface area contributed by atoms with E-state index in [4.69, 9.17) is 5.73 Å². The highest BCUT2D eigenvalue weighted by molar-refractivity contribution is 5.82. The van der Waals surface area contributed by atoms with Crippen LogP contribution in [0.15, 0.2) is 12.3 Å². The van der Waals surface area contributed by atoms with Gasteiger partial charge in [0.25, 0.3) is 0 Å². The molecule has 20 heavy (non-hydrogen) atoms. The largest absolute Gasteiger partial charge is 0.368 e. The Labute approximate surface area is 120 Å². The Kier molecular flexibility index (Phi) is 4.93. The van der Waals surface area contributed by atoms with Crippen molar-refractivity contribution in [3.05, 3.63) is 18.0 Å². The van der Waals surface area contributed by atoms with Gasteiger partial charge in [0.1, 0.15) is 6.04 Å². The summed E-state index contributed by atoms with van der Waals surface area (Å²) >= 11 is 0. The van der Waals surface area contributed by atoms with Crippen LogP contribution in [0.3, 0.4) is 0 Å². The standard InChI is InChI=1S/C15H24N4O/c1-10(2)9-13(14(16)20)19-15-17-8-7-12(18-15)11-5-3-4-6-11/h7-8,10-11,13H,3-6,9H2,1-2H3,(H2,16,20)(H,17,18,19)/t13-/m0/s1. The van der Waals surface area contributed by atoms with E-state index in [9.17, 15) is 4.79 Å². The first kappa shape index (κ1) is 14.8. The van der Waals surface area contributed by atoms with Gasteiger partial charge in [-0.05, 0) is 31.2 Å². The summed E-state index contributed by atoms with van der Waals surface area (Å²) in [5.41, 5.74) is 6.51. The number of hydrogen-bond donors (Lipinski definition) is 2. The Hall–Kier alpha value is -1.65. The Morgan fingerprint density at radius 2 is 2.15 bits per heavy atom. The second-order valence-electron chi connectivity index (χ2n) is 6.02. The third-order valence-electron chi connectivity index (χ3n) is 3.80. The summed E-state index contributed by atoms with van der Waals surface area (Å²) in [4.78, 5) is 20.2. The zero-order valence-corrected chi connectivity index (χ0v) is 12.3. The molecular formula is C15H24N4O. The maximum Gasteiger partial charge on any atom is 0.240 e. The first-order chi connectivity index (χ1) is 9.56. The molecule has 0 aliphatic heterocycles. The average molecular weight is 276 g/mol. The molecule has 1 aliphatic carbocycles. The van der Waals surface area contributed by atoms with E-state index in [0.717, 1.165) is 5.69 Å². The smallest absolute Gasteiger partial charge is 0.240 e. The van der Waals surface area contributed by atoms with Crippen molar-refractivity contribution >= 4 is 11.9 Å². The molecule has 1 aromatic heterocycles. The fraction of sp³-hybridized carbons (Fsp3) is 0.667. The Balaban J connectivity index is 2.07. The minimum atomic E-state index is -0.408. The molecule has 0 unspecified atom stereocenters. The lowest BCUT2D eigenvalue weighted by molar-refractivity contribution is -0.119. The van der Waals surface area contributed by atoms with Gasteiger partial charge in [-0.25, -0.2) is 9.97 Å². The quantitative estimate of drug-likeness (QED) is 0.836. The summed E-state index contributed by atoms with van der Waals surface area (Å²) in [6, 6.07) is 1.57. The topological polar surface area (TPSA) is 80.9 Å². The van der Waals surface area contributed by atoms with Crippen molar-refractivity contribution in [1.82, 2.24) is 9.97 Å². The number of primary amides is 1. The summed E-state index contributed by atoms with van der Waals surface area (Å²) in [7, 11) is 0. The fourth-order valence-electron chi connectivity index (χ4n) is 2.76. The van der Waals surface area contributed by atoms with E-state index in [1.807, 2.05) is 6.07 Å². The number of nitrogens with one attached hydrogen (secondary N) is 1. The number of amides is 1. The predicted octanol–water partition coefficient (Wildman–Crippen LogP) is 2.45. The van der Waals surface area contributed by atoms with Crippen molar-refractivity contribution < 1.29 is 4.79 Å². The zero-order valence-electron chi connectivity index (χ0n) is 12.3. The van der Waals surface area contributed by atoms with E-state index in [1.165, 1.54) is 25.7 Å². The van der Waals surface area contributed by atoms with Crippen LogP contribution in [0.2, 0.25) is 0 Å². The molecule has 0 bridgehead atoms. The molecule has 1 fully saturated rings. The minimum Gasteiger partial charge on any atom is -0.368 e. The molecule has 1 amide bonds. The van der Waals surface area contributed by atoms with Crippen LogP contribution in [0.25, 0.3) is 0 Å². The highest BCUT2D eigenvalue weighted by Gasteiger charge is 2.21. The lowest BCUT2D eigenvalue weighted by atomic mass is 10.0. The normalized spacial score (nSPS) is 17.4. The molecule has 1 aliphatic rings. The number of nitrogens with two attached hydrogens (primary N) is 1. The first-order valence-electron chi connectivity index (χ1n) is 7.45. The maximum atomic E-state index is 11.5. The van der Waals surface area contributed by atoms with Crippen molar-refractivity contribution in [1.29, 1.82) is 0 Å². The number of carbonyl (C=O) groups is 1. The van der Waals surface area contributed by atoms with E-state index in [0.29, 0.717) is 24.2 Å². The van der Waals surface area contributed by atoms with Gasteiger partial charge in [-0.1, -0.05) is 26.7 Å². The summed E-state index contributed by atoms with van der Waals surface area (Å²) < 4.78 is 0. The molecule has 0 aromatic carbocycles. The van der Waals surface area contributed by atoms with Crippen molar-refractivity contribution in [2.45, 2.75) is 57.9 Å². The van der Waals surface area contributed by atoms with E-state index in [-0.39, 0.29) is 5.91 Å². The van der Waals surface area contributed by atoms with Gasteiger partial charge in [0.2, 0.25) is 11.9 Å². The number of nitrogens with zero attached hydrogens (tertiary/aromatic N) is 2. The van der Waals surface area contributed by atoms with E-state index < -0.39 is 6.04 Å². The molecule has 5 nitrogen and oxygen atoms in total. The highest BCUT2D eigenvalue weighted by atomic mass is 16.1. The van der Waals surface area contributed by atoms with Crippen LogP contribution in [-0.4, -0.2) is 21.9 Å². The van der Waals surface area contributed by atoms with Crippen molar-refractivity contribution in [3.8, 4) is 0 Å². The summed E-state index contributed by atoms with van der Waals surface area (Å²) in [5, 5.41) is 3.08. The summed E-state index contributed by atoms with van der Waals surface area (Å²) in [5.74, 6) is 1.08. The van der Waals surface area contributed by atoms with Gasteiger partial charge in [-0.2, -0.15) is 0 Å². The molecule has 0 saturated heterocycles. The van der Waals surface area contributed by atoms with Gasteiger partial charge in [0.15, 0.2) is 0 Å². The SMILES string of the molecule is CC(C)C[C@H](Nc1nccc(C2CCCC2)n1)C(N)=O. The molecular weight excluding hydrogens is 252 g/mol. The second kappa shape index (κ2) is 6.68. The first-order valence-corrected chi connectivity index (χ1v) is 7.45. The van der Waals surface area contributed by atoms with Crippen LogP contribution in [0, 0.1) is 5.92 Å². The van der Waals surface area contributed by atoms with Crippen LogP contribution in [0.1, 0.15) is 57.6 Å². The van der Waals surface area contributed by atoms with Crippen molar-refractivity contribution in [2.75, 3.05) is 5.32 Å². The average Bonchev–Trinajstić information content (AvgIpc) is 2.91. The second-order valence-corrected chi connectivity index (χ2v) is 6.02. The lowest BCUT2D eigenvalue weighted by Crippen LogP contribution is -2.37. The van der Waals surface area contributed by atoms with Crippen LogP contribution in [-0.2, 0) is 4.79 Å². The number of rotatable bonds is 6. The minimum absolute atomic E-state index is 0.353. The summed E-state index contributed by atoms with van der Waals surface area (Å²) in [6.45, 7) is 4.13. The highest BCUT2D eigenvalue weighted by Crippen LogP contribution is 2.33. The lowest BCUT2D eigenvalue weighted by Gasteiger charge is -2.18. The molecule has 0 spiro atoms. The molecule has 1 heterocycles. The molecule has 1 atom stereocenters. The molecule has 0 radical (unpaired) electrons. The number of hydrogen-bond acceptors (Lipinski definition) is 4. The van der Waals surface area contributed by atoms with Gasteiger partial charge >= 0.3 is 0 Å². The molecule has 3 N–H and O–H groups in total. The van der Waals surface area contributed by atoms with E-state index >= 15 is 0 Å². The molecule has 110 valence electrons.